The van der Waals surface area contributed by atoms with E-state index in [1.54, 1.807) is 14.2 Å². The lowest BCUT2D eigenvalue weighted by atomic mass is 9.81. The van der Waals surface area contributed by atoms with Gasteiger partial charge in [-0.3, -0.25) is 4.90 Å². The van der Waals surface area contributed by atoms with Crippen LogP contribution in [0.2, 0.25) is 19.6 Å². The first-order valence-electron chi connectivity index (χ1n) is 11.8. The smallest absolute Gasteiger partial charge is 0.425 e. The van der Waals surface area contributed by atoms with Crippen molar-refractivity contribution in [2.24, 2.45) is 0 Å². The molecule has 3 heterocycles. The number of fused-ring (bicyclic) bond motifs is 2. The van der Waals surface area contributed by atoms with E-state index in [2.05, 4.69) is 36.0 Å². The topological polar surface area (TPSA) is 30.9 Å². The number of likely N-dealkylation sites (tertiary alicyclic amines) is 1. The molecular weight excluding hydrogens is 491 g/mol. The summed E-state index contributed by atoms with van der Waals surface area (Å²) in [4.78, 5) is 2.50. The van der Waals surface area contributed by atoms with Crippen molar-refractivity contribution in [2.75, 3.05) is 27.4 Å². The Morgan fingerprint density at radius 3 is 2.63 bits per heavy atom. The van der Waals surface area contributed by atoms with Crippen LogP contribution in [0.3, 0.4) is 0 Å². The summed E-state index contributed by atoms with van der Waals surface area (Å²) in [5, 5.41) is 0. The fourth-order valence-corrected chi connectivity index (χ4v) is 6.61. The molecule has 2 aromatic rings. The van der Waals surface area contributed by atoms with Crippen molar-refractivity contribution < 1.29 is 27.4 Å². The van der Waals surface area contributed by atoms with Crippen molar-refractivity contribution in [1.82, 2.24) is 4.90 Å². The predicted molar refractivity (Wildman–Crippen MR) is 135 cm³/mol. The maximum Gasteiger partial charge on any atom is 0.425 e. The van der Waals surface area contributed by atoms with Crippen LogP contribution >= 0.6 is 11.3 Å². The average molecular weight is 524 g/mol. The molecule has 0 aliphatic carbocycles. The summed E-state index contributed by atoms with van der Waals surface area (Å²) in [6.45, 7) is 8.30. The van der Waals surface area contributed by atoms with E-state index in [0.29, 0.717) is 39.0 Å². The number of ether oxygens (including phenoxy) is 3. The highest BCUT2D eigenvalue weighted by Gasteiger charge is 2.47. The highest BCUT2D eigenvalue weighted by molar-refractivity contribution is 7.12. The zero-order chi connectivity index (χ0) is 25.4. The highest BCUT2D eigenvalue weighted by atomic mass is 32.1. The van der Waals surface area contributed by atoms with Gasteiger partial charge in [-0.05, 0) is 30.5 Å². The van der Waals surface area contributed by atoms with Crippen LogP contribution in [-0.4, -0.2) is 46.4 Å². The normalized spacial score (nSPS) is 22.9. The highest BCUT2D eigenvalue weighted by Crippen LogP contribution is 2.49. The molecule has 1 spiro atoms. The van der Waals surface area contributed by atoms with E-state index in [4.69, 9.17) is 14.2 Å². The van der Waals surface area contributed by atoms with Gasteiger partial charge in [0.15, 0.2) is 0 Å². The Hall–Kier alpha value is -1.99. The second kappa shape index (κ2) is 9.81. The van der Waals surface area contributed by atoms with Gasteiger partial charge in [-0.25, -0.2) is 0 Å². The number of thiophene rings is 1. The SMILES string of the molecule is COc1ccc(CN2CCC3(C[C@H]2C#C[Si](C)(C)C)OCCc2cc(C(F)(F)F)sc23)c(OC)c1. The molecule has 0 amide bonds. The monoisotopic (exact) mass is 523 g/mol. The molecule has 2 atom stereocenters. The van der Waals surface area contributed by atoms with Gasteiger partial charge in [-0.1, -0.05) is 31.6 Å². The number of rotatable bonds is 4. The first-order chi connectivity index (χ1) is 16.4. The van der Waals surface area contributed by atoms with Crippen LogP contribution in [0.1, 0.15) is 33.7 Å². The lowest BCUT2D eigenvalue weighted by molar-refractivity contribution is -0.134. The largest absolute Gasteiger partial charge is 0.497 e. The summed E-state index contributed by atoms with van der Waals surface area (Å²) in [5.41, 5.74) is 4.56. The molecule has 2 aliphatic heterocycles. The molecule has 1 saturated heterocycles. The summed E-state index contributed by atoms with van der Waals surface area (Å²) in [6.07, 6.45) is -2.65. The summed E-state index contributed by atoms with van der Waals surface area (Å²) in [7, 11) is 1.59. The third-order valence-corrected chi connectivity index (χ3v) is 8.80. The maximum atomic E-state index is 13.5. The van der Waals surface area contributed by atoms with E-state index in [1.807, 2.05) is 18.2 Å². The number of hydrogen-bond acceptors (Lipinski definition) is 5. The van der Waals surface area contributed by atoms with E-state index >= 15 is 0 Å². The van der Waals surface area contributed by atoms with Gasteiger partial charge in [0.05, 0.1) is 26.9 Å². The quantitative estimate of drug-likeness (QED) is 0.358. The molecule has 1 aromatic heterocycles. The van der Waals surface area contributed by atoms with E-state index in [9.17, 15) is 13.2 Å². The zero-order valence-corrected chi connectivity index (χ0v) is 22.7. The van der Waals surface area contributed by atoms with Crippen molar-refractivity contribution in [3.05, 3.63) is 45.1 Å². The minimum Gasteiger partial charge on any atom is -0.497 e. The molecule has 4 nitrogen and oxygen atoms in total. The number of halogens is 3. The van der Waals surface area contributed by atoms with Crippen LogP contribution in [-0.2, 0) is 29.5 Å². The number of piperidine rings is 1. The van der Waals surface area contributed by atoms with Crippen molar-refractivity contribution in [3.8, 4) is 23.0 Å². The number of benzene rings is 1. The minimum atomic E-state index is -4.34. The summed E-state index contributed by atoms with van der Waals surface area (Å²) in [6, 6.07) is 6.96. The van der Waals surface area contributed by atoms with Crippen molar-refractivity contribution in [3.63, 3.8) is 0 Å². The molecule has 4 rings (SSSR count). The second-order valence-corrected chi connectivity index (χ2v) is 16.0. The van der Waals surface area contributed by atoms with Gasteiger partial charge in [0.1, 0.15) is 30.1 Å². The van der Waals surface area contributed by atoms with Gasteiger partial charge in [-0.2, -0.15) is 13.2 Å². The predicted octanol–water partition coefficient (Wildman–Crippen LogP) is 6.10. The van der Waals surface area contributed by atoms with Gasteiger partial charge in [0.2, 0.25) is 0 Å². The number of methoxy groups -OCH3 is 2. The van der Waals surface area contributed by atoms with Crippen LogP contribution in [0.5, 0.6) is 11.5 Å². The molecule has 0 bridgehead atoms. The number of alkyl halides is 3. The average Bonchev–Trinajstić information content (AvgIpc) is 3.26. The van der Waals surface area contributed by atoms with Gasteiger partial charge in [0, 0.05) is 36.0 Å². The third-order valence-electron chi connectivity index (χ3n) is 6.50. The van der Waals surface area contributed by atoms with Crippen LogP contribution in [0.25, 0.3) is 0 Å². The summed E-state index contributed by atoms with van der Waals surface area (Å²) in [5.74, 6) is 4.97. The molecule has 0 radical (unpaired) electrons. The Morgan fingerprint density at radius 1 is 1.20 bits per heavy atom. The molecule has 0 N–H and O–H groups in total. The zero-order valence-electron chi connectivity index (χ0n) is 20.8. The van der Waals surface area contributed by atoms with Crippen molar-refractivity contribution >= 4 is 19.4 Å². The Balaban J connectivity index is 1.67. The van der Waals surface area contributed by atoms with E-state index in [-0.39, 0.29) is 6.04 Å². The van der Waals surface area contributed by atoms with E-state index in [1.165, 1.54) is 6.07 Å². The van der Waals surface area contributed by atoms with Crippen LogP contribution in [0.15, 0.2) is 24.3 Å². The molecule has 190 valence electrons. The van der Waals surface area contributed by atoms with Gasteiger partial charge in [0.25, 0.3) is 0 Å². The maximum absolute atomic E-state index is 13.5. The molecular formula is C26H32F3NO3SSi. The lowest BCUT2D eigenvalue weighted by Crippen LogP contribution is -2.50. The Morgan fingerprint density at radius 2 is 1.97 bits per heavy atom. The molecule has 35 heavy (non-hydrogen) atoms. The van der Waals surface area contributed by atoms with E-state index in [0.717, 1.165) is 38.8 Å². The van der Waals surface area contributed by atoms with Crippen molar-refractivity contribution in [1.29, 1.82) is 0 Å². The molecule has 1 unspecified atom stereocenters. The Labute approximate surface area is 210 Å². The molecule has 1 aromatic carbocycles. The minimum absolute atomic E-state index is 0.135. The summed E-state index contributed by atoms with van der Waals surface area (Å²) >= 11 is 0.847. The Bertz CT molecular complexity index is 1130. The van der Waals surface area contributed by atoms with Gasteiger partial charge in [-0.15, -0.1) is 16.9 Å². The van der Waals surface area contributed by atoms with Crippen molar-refractivity contribution in [2.45, 2.75) is 63.3 Å². The lowest BCUT2D eigenvalue weighted by Gasteiger charge is -2.46. The molecule has 9 heteroatoms. The first-order valence-corrected chi connectivity index (χ1v) is 16.1. The Kier molecular flexibility index (Phi) is 7.31. The van der Waals surface area contributed by atoms with E-state index < -0.39 is 24.7 Å². The number of hydrogen-bond donors (Lipinski definition) is 0. The number of nitrogens with zero attached hydrogens (tertiary/aromatic N) is 1. The van der Waals surface area contributed by atoms with Crippen LogP contribution in [0, 0.1) is 11.5 Å². The van der Waals surface area contributed by atoms with Gasteiger partial charge >= 0.3 is 6.18 Å². The standard InChI is InChI=1S/C26H32F3NO3SSi/c1-31-21-7-6-19(22(15-21)32-2)17-30-11-10-25(16-20(30)9-13-35(3,4)5)24-18(8-12-33-25)14-23(34-24)26(27,28)29/h6-7,14-15,20H,8,10-12,16-17H2,1-5H3/t20-,25?/m1/s1. The van der Waals surface area contributed by atoms with Gasteiger partial charge < -0.3 is 14.2 Å². The third kappa shape index (κ3) is 5.72. The fourth-order valence-electron chi connectivity index (χ4n) is 4.76. The fraction of sp³-hybridized carbons (Fsp3) is 0.538. The molecule has 2 aliphatic rings. The van der Waals surface area contributed by atoms with Crippen LogP contribution in [0.4, 0.5) is 13.2 Å². The summed E-state index contributed by atoms with van der Waals surface area (Å²) < 4.78 is 57.8. The molecule has 1 fully saturated rings. The van der Waals surface area contributed by atoms with Crippen LogP contribution < -0.4 is 9.47 Å². The first kappa shape index (κ1) is 26.1. The molecule has 0 saturated carbocycles. The second-order valence-electron chi connectivity index (χ2n) is 10.2.